The molecule has 0 unspecified atom stereocenters. The number of hydrogen-bond acceptors (Lipinski definition) is 5. The summed E-state index contributed by atoms with van der Waals surface area (Å²) < 4.78 is 42.7. The number of ether oxygens (including phenoxy) is 1. The lowest BCUT2D eigenvalue weighted by atomic mass is 10.1. The fourth-order valence-electron chi connectivity index (χ4n) is 2.49. The van der Waals surface area contributed by atoms with Crippen LogP contribution in [-0.2, 0) is 17.5 Å². The van der Waals surface area contributed by atoms with E-state index in [0.29, 0.717) is 30.7 Å². The zero-order valence-electron chi connectivity index (χ0n) is 14.6. The van der Waals surface area contributed by atoms with Gasteiger partial charge in [-0.15, -0.1) is 11.3 Å². The molecule has 1 amide bonds. The number of halogens is 3. The molecular weight excluding hydrogens is 371 g/mol. The number of nitrogens with one attached hydrogen (secondary N) is 2. The fraction of sp³-hybridized carbons (Fsp3) is 0.667. The van der Waals surface area contributed by atoms with Crippen molar-refractivity contribution in [1.29, 1.82) is 0 Å². The zero-order valence-corrected chi connectivity index (χ0v) is 15.4. The molecule has 146 valence electrons. The molecule has 0 saturated carbocycles. The van der Waals surface area contributed by atoms with Crippen LogP contribution < -0.4 is 10.6 Å². The van der Waals surface area contributed by atoms with Gasteiger partial charge in [0.1, 0.15) is 5.01 Å². The van der Waals surface area contributed by atoms with Crippen LogP contribution in [0.15, 0.2) is 10.4 Å². The van der Waals surface area contributed by atoms with Gasteiger partial charge in [0.15, 0.2) is 11.7 Å². The van der Waals surface area contributed by atoms with Gasteiger partial charge in [0.05, 0.1) is 13.2 Å². The molecule has 11 heteroatoms. The number of carbonyl (C=O) groups excluding carboxylic acids is 1. The number of guanidine groups is 1. The molecule has 1 aromatic heterocycles. The lowest BCUT2D eigenvalue weighted by Gasteiger charge is -2.32. The molecule has 2 N–H and O–H groups in total. The molecule has 0 aliphatic carbocycles. The largest absolute Gasteiger partial charge is 0.450 e. The van der Waals surface area contributed by atoms with Crippen molar-refractivity contribution in [3.05, 3.63) is 16.1 Å². The van der Waals surface area contributed by atoms with E-state index in [4.69, 9.17) is 4.74 Å². The molecular formula is C15H22F3N5O2S. The van der Waals surface area contributed by atoms with E-state index in [1.807, 2.05) is 0 Å². The van der Waals surface area contributed by atoms with Crippen LogP contribution in [0, 0.1) is 0 Å². The van der Waals surface area contributed by atoms with Gasteiger partial charge in [0, 0.05) is 31.6 Å². The minimum Gasteiger partial charge on any atom is -0.450 e. The predicted molar refractivity (Wildman–Crippen MR) is 92.1 cm³/mol. The van der Waals surface area contributed by atoms with Crippen LogP contribution in [0.4, 0.5) is 18.0 Å². The Hall–Kier alpha value is -2.04. The molecule has 7 nitrogen and oxygen atoms in total. The topological polar surface area (TPSA) is 78.8 Å². The van der Waals surface area contributed by atoms with E-state index < -0.39 is 11.9 Å². The predicted octanol–water partition coefficient (Wildman–Crippen LogP) is 2.45. The van der Waals surface area contributed by atoms with Crippen molar-refractivity contribution in [2.24, 2.45) is 4.99 Å². The second-order valence-electron chi connectivity index (χ2n) is 5.65. The molecule has 2 rings (SSSR count). The van der Waals surface area contributed by atoms with Crippen molar-refractivity contribution in [2.75, 3.05) is 26.7 Å². The Labute approximate surface area is 153 Å². The first-order valence-electron chi connectivity index (χ1n) is 8.24. The van der Waals surface area contributed by atoms with Crippen LogP contribution in [0.1, 0.15) is 30.5 Å². The molecule has 0 atom stereocenters. The quantitative estimate of drug-likeness (QED) is 0.607. The highest BCUT2D eigenvalue weighted by atomic mass is 32.1. The Kier molecular flexibility index (Phi) is 7.06. The van der Waals surface area contributed by atoms with Crippen molar-refractivity contribution < 1.29 is 22.7 Å². The van der Waals surface area contributed by atoms with Crippen LogP contribution in [-0.4, -0.2) is 54.7 Å². The van der Waals surface area contributed by atoms with Crippen molar-refractivity contribution >= 4 is 23.4 Å². The van der Waals surface area contributed by atoms with Gasteiger partial charge in [0.2, 0.25) is 0 Å². The van der Waals surface area contributed by atoms with Crippen LogP contribution in [0.5, 0.6) is 0 Å². The van der Waals surface area contributed by atoms with E-state index in [2.05, 4.69) is 20.6 Å². The minimum atomic E-state index is -4.43. The summed E-state index contributed by atoms with van der Waals surface area (Å²) in [4.78, 5) is 21.0. The van der Waals surface area contributed by atoms with Gasteiger partial charge < -0.3 is 20.3 Å². The number of piperidine rings is 1. The maximum atomic E-state index is 12.6. The van der Waals surface area contributed by atoms with E-state index in [0.717, 1.165) is 29.6 Å². The van der Waals surface area contributed by atoms with E-state index >= 15 is 0 Å². The number of amides is 1. The first kappa shape index (κ1) is 20.3. The minimum absolute atomic E-state index is 0.119. The molecule has 1 aliphatic rings. The average Bonchev–Trinajstić information content (AvgIpc) is 3.08. The monoisotopic (exact) mass is 393 g/mol. The Bertz CT molecular complexity index is 627. The van der Waals surface area contributed by atoms with Crippen molar-refractivity contribution in [2.45, 2.75) is 38.5 Å². The second-order valence-corrected chi connectivity index (χ2v) is 6.60. The Morgan fingerprint density at radius 2 is 2.15 bits per heavy atom. The lowest BCUT2D eigenvalue weighted by Crippen LogP contribution is -2.49. The molecule has 0 aromatic carbocycles. The number of carbonyl (C=O) groups is 1. The molecule has 1 saturated heterocycles. The smallest absolute Gasteiger partial charge is 0.434 e. The van der Waals surface area contributed by atoms with Crippen molar-refractivity contribution in [3.8, 4) is 0 Å². The van der Waals surface area contributed by atoms with Gasteiger partial charge >= 0.3 is 12.3 Å². The van der Waals surface area contributed by atoms with Crippen molar-refractivity contribution in [3.63, 3.8) is 0 Å². The number of aromatic nitrogens is 1. The fourth-order valence-corrected chi connectivity index (χ4v) is 3.23. The SMILES string of the molecule is CCOC(=O)N1CCC(NC(=NC)NCc2nc(C(F)(F)F)cs2)CC1. The van der Waals surface area contributed by atoms with E-state index in [1.54, 1.807) is 18.9 Å². The van der Waals surface area contributed by atoms with E-state index in [1.165, 1.54) is 0 Å². The summed E-state index contributed by atoms with van der Waals surface area (Å²) >= 11 is 0.949. The van der Waals surface area contributed by atoms with Gasteiger partial charge in [-0.2, -0.15) is 13.2 Å². The number of hydrogen-bond donors (Lipinski definition) is 2. The van der Waals surface area contributed by atoms with Crippen molar-refractivity contribution in [1.82, 2.24) is 20.5 Å². The number of nitrogens with zero attached hydrogens (tertiary/aromatic N) is 3. The number of thiazole rings is 1. The van der Waals surface area contributed by atoms with Gasteiger partial charge in [-0.3, -0.25) is 4.99 Å². The molecule has 1 aliphatic heterocycles. The maximum Gasteiger partial charge on any atom is 0.434 e. The number of aliphatic imine (C=N–C) groups is 1. The first-order chi connectivity index (χ1) is 12.3. The maximum absolute atomic E-state index is 12.6. The summed E-state index contributed by atoms with van der Waals surface area (Å²) in [5, 5.41) is 7.51. The average molecular weight is 393 g/mol. The van der Waals surface area contributed by atoms with Gasteiger partial charge in [-0.25, -0.2) is 9.78 Å². The van der Waals surface area contributed by atoms with Gasteiger partial charge in [-0.05, 0) is 19.8 Å². The molecule has 1 aromatic rings. The number of likely N-dealkylation sites (tertiary alicyclic amines) is 1. The summed E-state index contributed by atoms with van der Waals surface area (Å²) in [6.07, 6.45) is -3.27. The highest BCUT2D eigenvalue weighted by Crippen LogP contribution is 2.29. The Morgan fingerprint density at radius 1 is 1.46 bits per heavy atom. The van der Waals surface area contributed by atoms with E-state index in [-0.39, 0.29) is 18.7 Å². The second kappa shape index (κ2) is 9.06. The highest BCUT2D eigenvalue weighted by Gasteiger charge is 2.33. The highest BCUT2D eigenvalue weighted by molar-refractivity contribution is 7.09. The Balaban J connectivity index is 1.78. The summed E-state index contributed by atoms with van der Waals surface area (Å²) in [7, 11) is 1.59. The number of alkyl halides is 3. The number of rotatable bonds is 4. The molecule has 1 fully saturated rings. The molecule has 0 bridgehead atoms. The summed E-state index contributed by atoms with van der Waals surface area (Å²) in [5.74, 6) is 0.489. The van der Waals surface area contributed by atoms with Crippen LogP contribution in [0.2, 0.25) is 0 Å². The standard InChI is InChI=1S/C15H22F3N5O2S/c1-3-25-14(24)23-6-4-10(5-7-23)21-13(19-2)20-8-12-22-11(9-26-12)15(16,17)18/h9-10H,3-8H2,1-2H3,(H2,19,20,21). The van der Waals surface area contributed by atoms with Gasteiger partial charge in [0.25, 0.3) is 0 Å². The van der Waals surface area contributed by atoms with Crippen LogP contribution >= 0.6 is 11.3 Å². The molecule has 2 heterocycles. The third-order valence-corrected chi connectivity index (χ3v) is 4.68. The van der Waals surface area contributed by atoms with Crippen LogP contribution in [0.3, 0.4) is 0 Å². The molecule has 26 heavy (non-hydrogen) atoms. The van der Waals surface area contributed by atoms with Gasteiger partial charge in [-0.1, -0.05) is 0 Å². The third kappa shape index (κ3) is 5.75. The normalized spacial score (nSPS) is 16.5. The third-order valence-electron chi connectivity index (χ3n) is 3.83. The Morgan fingerprint density at radius 3 is 2.69 bits per heavy atom. The molecule has 0 radical (unpaired) electrons. The summed E-state index contributed by atoms with van der Waals surface area (Å²) in [6, 6.07) is 0.119. The summed E-state index contributed by atoms with van der Waals surface area (Å²) in [5.41, 5.74) is -0.881. The zero-order chi connectivity index (χ0) is 19.2. The van der Waals surface area contributed by atoms with Crippen LogP contribution in [0.25, 0.3) is 0 Å². The molecule has 0 spiro atoms. The van der Waals surface area contributed by atoms with E-state index in [9.17, 15) is 18.0 Å². The summed E-state index contributed by atoms with van der Waals surface area (Å²) in [6.45, 7) is 3.42. The lowest BCUT2D eigenvalue weighted by molar-refractivity contribution is -0.140. The first-order valence-corrected chi connectivity index (χ1v) is 9.12.